The van der Waals surface area contributed by atoms with Crippen LogP contribution in [0.3, 0.4) is 0 Å². The standard InChI is InChI=1S/C14H23N3O3/c1-4-14(2,18)9-16-8-10-5-6-12(20-3)11(7-10)13(15)17-19/h5-7,16,18-19H,4,8-9H2,1-3H3,(H2,15,17). The molecule has 0 bridgehead atoms. The summed E-state index contributed by atoms with van der Waals surface area (Å²) in [5, 5.41) is 24.9. The number of nitrogens with zero attached hydrogens (tertiary/aromatic N) is 1. The summed E-state index contributed by atoms with van der Waals surface area (Å²) < 4.78 is 5.17. The van der Waals surface area contributed by atoms with Crippen LogP contribution in [0.4, 0.5) is 0 Å². The van der Waals surface area contributed by atoms with Crippen LogP contribution in [0.1, 0.15) is 31.4 Å². The molecule has 112 valence electrons. The molecule has 1 aromatic rings. The van der Waals surface area contributed by atoms with Crippen molar-refractivity contribution in [3.05, 3.63) is 29.3 Å². The summed E-state index contributed by atoms with van der Waals surface area (Å²) in [6.45, 7) is 4.79. The first-order chi connectivity index (χ1) is 9.43. The Kier molecular flexibility index (Phi) is 5.79. The number of nitrogens with two attached hydrogens (primary N) is 1. The lowest BCUT2D eigenvalue weighted by Gasteiger charge is -2.21. The van der Waals surface area contributed by atoms with Gasteiger partial charge in [-0.1, -0.05) is 18.1 Å². The van der Waals surface area contributed by atoms with Crippen molar-refractivity contribution < 1.29 is 15.1 Å². The molecule has 0 aromatic heterocycles. The van der Waals surface area contributed by atoms with E-state index in [0.717, 1.165) is 5.56 Å². The fraction of sp³-hybridized carbons (Fsp3) is 0.500. The Morgan fingerprint density at radius 1 is 1.50 bits per heavy atom. The zero-order valence-electron chi connectivity index (χ0n) is 12.2. The smallest absolute Gasteiger partial charge is 0.173 e. The number of amidine groups is 1. The monoisotopic (exact) mass is 281 g/mol. The molecule has 0 aliphatic rings. The lowest BCUT2D eigenvalue weighted by atomic mass is 10.0. The highest BCUT2D eigenvalue weighted by atomic mass is 16.5. The van der Waals surface area contributed by atoms with Gasteiger partial charge in [0.25, 0.3) is 0 Å². The van der Waals surface area contributed by atoms with Crippen LogP contribution in [-0.4, -0.2) is 35.4 Å². The fourth-order valence-electron chi connectivity index (χ4n) is 1.72. The van der Waals surface area contributed by atoms with Gasteiger partial charge in [-0.3, -0.25) is 0 Å². The molecule has 0 aliphatic carbocycles. The van der Waals surface area contributed by atoms with Crippen LogP contribution in [0, 0.1) is 0 Å². The average molecular weight is 281 g/mol. The molecule has 20 heavy (non-hydrogen) atoms. The number of aliphatic hydroxyl groups is 1. The van der Waals surface area contributed by atoms with Crippen LogP contribution in [-0.2, 0) is 6.54 Å². The van der Waals surface area contributed by atoms with Crippen molar-refractivity contribution in [3.8, 4) is 5.75 Å². The Balaban J connectivity index is 2.78. The maximum absolute atomic E-state index is 9.91. The highest BCUT2D eigenvalue weighted by molar-refractivity contribution is 5.99. The number of oxime groups is 1. The zero-order valence-corrected chi connectivity index (χ0v) is 12.2. The van der Waals surface area contributed by atoms with Crippen molar-refractivity contribution >= 4 is 5.84 Å². The minimum Gasteiger partial charge on any atom is -0.496 e. The second kappa shape index (κ2) is 7.12. The molecule has 0 spiro atoms. The first kappa shape index (κ1) is 16.3. The van der Waals surface area contributed by atoms with Crippen LogP contribution in [0.5, 0.6) is 5.75 Å². The van der Waals surface area contributed by atoms with Crippen molar-refractivity contribution in [2.24, 2.45) is 10.9 Å². The molecule has 0 saturated heterocycles. The number of nitrogens with one attached hydrogen (secondary N) is 1. The molecule has 0 amide bonds. The van der Waals surface area contributed by atoms with Crippen molar-refractivity contribution in [2.45, 2.75) is 32.4 Å². The Bertz CT molecular complexity index is 473. The normalized spacial score (nSPS) is 14.9. The van der Waals surface area contributed by atoms with Gasteiger partial charge in [0, 0.05) is 13.1 Å². The molecule has 0 aliphatic heterocycles. The maximum atomic E-state index is 9.91. The van der Waals surface area contributed by atoms with E-state index in [4.69, 9.17) is 15.7 Å². The Hall–Kier alpha value is -1.79. The summed E-state index contributed by atoms with van der Waals surface area (Å²) in [6.07, 6.45) is 0.679. The average Bonchev–Trinajstić information content (AvgIpc) is 2.46. The van der Waals surface area contributed by atoms with E-state index >= 15 is 0 Å². The Morgan fingerprint density at radius 2 is 2.20 bits per heavy atom. The molecule has 1 unspecified atom stereocenters. The van der Waals surface area contributed by atoms with Gasteiger partial charge < -0.3 is 26.1 Å². The van der Waals surface area contributed by atoms with E-state index in [1.165, 1.54) is 7.11 Å². The van der Waals surface area contributed by atoms with Crippen molar-refractivity contribution in [1.82, 2.24) is 5.32 Å². The highest BCUT2D eigenvalue weighted by Crippen LogP contribution is 2.19. The molecular weight excluding hydrogens is 258 g/mol. The second-order valence-electron chi connectivity index (χ2n) is 4.97. The van der Waals surface area contributed by atoms with Gasteiger partial charge in [0.05, 0.1) is 18.3 Å². The number of hydrogen-bond acceptors (Lipinski definition) is 5. The van der Waals surface area contributed by atoms with Crippen LogP contribution in [0.25, 0.3) is 0 Å². The fourth-order valence-corrected chi connectivity index (χ4v) is 1.72. The topological polar surface area (TPSA) is 100 Å². The molecule has 5 N–H and O–H groups in total. The molecule has 0 saturated carbocycles. The van der Waals surface area contributed by atoms with E-state index in [2.05, 4.69) is 10.5 Å². The van der Waals surface area contributed by atoms with E-state index in [0.29, 0.717) is 30.8 Å². The van der Waals surface area contributed by atoms with Crippen LogP contribution in [0.2, 0.25) is 0 Å². The van der Waals surface area contributed by atoms with Gasteiger partial charge in [0.1, 0.15) is 5.75 Å². The molecule has 6 heteroatoms. The number of hydrogen-bond donors (Lipinski definition) is 4. The number of rotatable bonds is 7. The number of benzene rings is 1. The third-order valence-electron chi connectivity index (χ3n) is 3.24. The number of methoxy groups -OCH3 is 1. The van der Waals surface area contributed by atoms with Gasteiger partial charge in [-0.25, -0.2) is 0 Å². The zero-order chi connectivity index (χ0) is 15.2. The van der Waals surface area contributed by atoms with E-state index < -0.39 is 5.60 Å². The van der Waals surface area contributed by atoms with Crippen molar-refractivity contribution in [1.29, 1.82) is 0 Å². The summed E-state index contributed by atoms with van der Waals surface area (Å²) in [5.74, 6) is 0.550. The minimum absolute atomic E-state index is 0.00394. The SMILES string of the molecule is CCC(C)(O)CNCc1ccc(OC)c(C(N)=NO)c1. The molecule has 1 rings (SSSR count). The summed E-state index contributed by atoms with van der Waals surface area (Å²) in [4.78, 5) is 0. The van der Waals surface area contributed by atoms with E-state index in [-0.39, 0.29) is 5.84 Å². The predicted octanol–water partition coefficient (Wildman–Crippen LogP) is 1.04. The summed E-state index contributed by atoms with van der Waals surface area (Å²) >= 11 is 0. The van der Waals surface area contributed by atoms with Gasteiger partial charge in [-0.2, -0.15) is 0 Å². The first-order valence-electron chi connectivity index (χ1n) is 6.51. The van der Waals surface area contributed by atoms with Gasteiger partial charge in [-0.15, -0.1) is 0 Å². The molecule has 0 heterocycles. The second-order valence-corrected chi connectivity index (χ2v) is 4.97. The predicted molar refractivity (Wildman–Crippen MR) is 78.1 cm³/mol. The van der Waals surface area contributed by atoms with Gasteiger partial charge in [0.2, 0.25) is 0 Å². The first-order valence-corrected chi connectivity index (χ1v) is 6.51. The maximum Gasteiger partial charge on any atom is 0.173 e. The lowest BCUT2D eigenvalue weighted by molar-refractivity contribution is 0.0555. The molecule has 6 nitrogen and oxygen atoms in total. The largest absolute Gasteiger partial charge is 0.496 e. The molecule has 0 fully saturated rings. The summed E-state index contributed by atoms with van der Waals surface area (Å²) in [7, 11) is 1.53. The van der Waals surface area contributed by atoms with Gasteiger partial charge >= 0.3 is 0 Å². The third-order valence-corrected chi connectivity index (χ3v) is 3.24. The molecular formula is C14H23N3O3. The summed E-state index contributed by atoms with van der Waals surface area (Å²) in [6, 6.07) is 5.45. The van der Waals surface area contributed by atoms with Crippen molar-refractivity contribution in [2.75, 3.05) is 13.7 Å². The molecule has 1 atom stereocenters. The molecule has 0 radical (unpaired) electrons. The molecule has 1 aromatic carbocycles. The van der Waals surface area contributed by atoms with Gasteiger partial charge in [0.15, 0.2) is 5.84 Å². The minimum atomic E-state index is -0.721. The van der Waals surface area contributed by atoms with E-state index in [1.54, 1.807) is 19.1 Å². The van der Waals surface area contributed by atoms with Gasteiger partial charge in [-0.05, 0) is 31.0 Å². The Labute approximate surface area is 119 Å². The van der Waals surface area contributed by atoms with Crippen LogP contribution < -0.4 is 15.8 Å². The quantitative estimate of drug-likeness (QED) is 0.259. The Morgan fingerprint density at radius 3 is 2.75 bits per heavy atom. The summed E-state index contributed by atoms with van der Waals surface area (Å²) in [5.41, 5.74) is 6.39. The lowest BCUT2D eigenvalue weighted by Crippen LogP contribution is -2.36. The highest BCUT2D eigenvalue weighted by Gasteiger charge is 2.16. The van der Waals surface area contributed by atoms with E-state index in [9.17, 15) is 5.11 Å². The van der Waals surface area contributed by atoms with Crippen LogP contribution >= 0.6 is 0 Å². The van der Waals surface area contributed by atoms with Crippen LogP contribution in [0.15, 0.2) is 23.4 Å². The van der Waals surface area contributed by atoms with Crippen molar-refractivity contribution in [3.63, 3.8) is 0 Å². The third kappa shape index (κ3) is 4.40. The number of ether oxygens (including phenoxy) is 1. The van der Waals surface area contributed by atoms with E-state index in [1.807, 2.05) is 13.0 Å².